The number of nitrogens with one attached hydrogen (secondary N) is 1. The number of benzene rings is 2. The first kappa shape index (κ1) is 43.2. The lowest BCUT2D eigenvalue weighted by molar-refractivity contribution is 0.122. The summed E-state index contributed by atoms with van der Waals surface area (Å²) in [6.07, 6.45) is 10.6. The molecule has 0 bridgehead atoms. The number of morpholine rings is 1. The maximum Gasteiger partial charge on any atom is 0.137 e. The average molecular weight is 874 g/mol. The molecule has 0 spiro atoms. The molecule has 0 unspecified atom stereocenters. The second-order valence-electron chi connectivity index (χ2n) is 15.7. The Morgan fingerprint density at radius 3 is 1.90 bits per heavy atom. The zero-order valence-corrected chi connectivity index (χ0v) is 35.8. The van der Waals surface area contributed by atoms with Gasteiger partial charge in [0.1, 0.15) is 47.0 Å². The minimum Gasteiger partial charge on any atom is -0.383 e. The summed E-state index contributed by atoms with van der Waals surface area (Å²) in [5.74, 6) is -0.548. The number of anilines is 5. The Bertz CT molecular complexity index is 2570. The smallest absolute Gasteiger partial charge is 0.137 e. The van der Waals surface area contributed by atoms with Crippen LogP contribution < -0.4 is 20.0 Å². The van der Waals surface area contributed by atoms with E-state index in [0.29, 0.717) is 73.1 Å². The Hall–Kier alpha value is -5.42. The number of rotatable bonds is 10. The molecule has 3 aliphatic heterocycles. The molecule has 1 N–H and O–H groups in total. The Morgan fingerprint density at radius 1 is 0.742 bits per heavy atom. The quantitative estimate of drug-likeness (QED) is 0.133. The molecular weight excluding hydrogens is 826 g/mol. The van der Waals surface area contributed by atoms with Gasteiger partial charge in [0.05, 0.1) is 76.7 Å². The standard InChI is InChI=1S/C29H31F2N7O2.C16H17ClF2N2O/c1-18-28(27-23(31)10-20(30)11-25(27)36-29(18)38-5-3-4-21(38)16-39-2)35-24-12-26(37-6-8-40-9-7-37)34-15-22(24)19-13-32-17-33-14-19;1-9-15(17)14-12(19)6-10(18)7-13(14)20-16(9)21-5-3-4-11(21)8-22-2/h10-15,17,21H,3-9,16H2,1-2H3,(H,34,35,36);6-7,11H,3-5,8H2,1-2H3/t21-;11-/m00/s1. The van der Waals surface area contributed by atoms with Gasteiger partial charge < -0.3 is 34.2 Å². The minimum absolute atomic E-state index is 0.130. The van der Waals surface area contributed by atoms with E-state index < -0.39 is 23.3 Å². The van der Waals surface area contributed by atoms with Crippen molar-refractivity contribution in [3.05, 3.63) is 94.7 Å². The number of aromatic nitrogens is 5. The molecule has 2 atom stereocenters. The van der Waals surface area contributed by atoms with Crippen molar-refractivity contribution in [3.63, 3.8) is 0 Å². The normalized spacial score (nSPS) is 17.9. The van der Waals surface area contributed by atoms with Gasteiger partial charge in [-0.2, -0.15) is 0 Å². The summed E-state index contributed by atoms with van der Waals surface area (Å²) in [6, 6.07) is 6.52. The van der Waals surface area contributed by atoms with Gasteiger partial charge in [0.2, 0.25) is 0 Å². The van der Waals surface area contributed by atoms with E-state index in [1.54, 1.807) is 32.8 Å². The average Bonchev–Trinajstić information content (AvgIpc) is 3.93. The van der Waals surface area contributed by atoms with Crippen molar-refractivity contribution in [3.8, 4) is 11.1 Å². The van der Waals surface area contributed by atoms with Gasteiger partial charge in [-0.3, -0.25) is 0 Å². The van der Waals surface area contributed by atoms with Gasteiger partial charge in [-0.15, -0.1) is 0 Å². The third kappa shape index (κ3) is 8.78. The zero-order chi connectivity index (χ0) is 43.5. The summed E-state index contributed by atoms with van der Waals surface area (Å²) in [7, 11) is 3.34. The molecule has 0 saturated carbocycles. The van der Waals surface area contributed by atoms with Crippen LogP contribution >= 0.6 is 11.6 Å². The van der Waals surface area contributed by atoms with Crippen LogP contribution in [-0.4, -0.2) is 104 Å². The van der Waals surface area contributed by atoms with Gasteiger partial charge in [0.15, 0.2) is 0 Å². The highest BCUT2D eigenvalue weighted by molar-refractivity contribution is 6.36. The molecule has 62 heavy (non-hydrogen) atoms. The van der Waals surface area contributed by atoms with E-state index in [-0.39, 0.29) is 33.9 Å². The molecule has 6 aromatic rings. The molecule has 4 aromatic heterocycles. The van der Waals surface area contributed by atoms with E-state index in [1.807, 2.05) is 19.9 Å². The summed E-state index contributed by atoms with van der Waals surface area (Å²) in [5.41, 5.74) is 4.70. The summed E-state index contributed by atoms with van der Waals surface area (Å²) in [4.78, 5) is 28.8. The number of ether oxygens (including phenoxy) is 3. The molecule has 2 aromatic carbocycles. The molecule has 7 heterocycles. The van der Waals surface area contributed by atoms with Gasteiger partial charge in [-0.05, 0) is 39.5 Å². The van der Waals surface area contributed by atoms with E-state index in [1.165, 1.54) is 18.5 Å². The lowest BCUT2D eigenvalue weighted by Crippen LogP contribution is -2.36. The van der Waals surface area contributed by atoms with E-state index in [4.69, 9.17) is 35.8 Å². The summed E-state index contributed by atoms with van der Waals surface area (Å²) < 4.78 is 73.6. The van der Waals surface area contributed by atoms with Crippen molar-refractivity contribution in [2.24, 2.45) is 0 Å². The maximum absolute atomic E-state index is 15.5. The van der Waals surface area contributed by atoms with Crippen LogP contribution in [0, 0.1) is 37.1 Å². The fourth-order valence-corrected chi connectivity index (χ4v) is 9.01. The van der Waals surface area contributed by atoms with E-state index in [9.17, 15) is 13.2 Å². The van der Waals surface area contributed by atoms with Gasteiger partial charge in [0, 0.05) is 112 Å². The number of hydrogen-bond acceptors (Lipinski definition) is 12. The Balaban J connectivity index is 0.000000203. The minimum atomic E-state index is -0.683. The summed E-state index contributed by atoms with van der Waals surface area (Å²) >= 11 is 6.33. The van der Waals surface area contributed by atoms with Crippen LogP contribution in [-0.2, 0) is 14.2 Å². The fraction of sp³-hybridized carbons (Fsp3) is 0.400. The molecule has 3 saturated heterocycles. The van der Waals surface area contributed by atoms with Crippen LogP contribution in [0.5, 0.6) is 0 Å². The van der Waals surface area contributed by atoms with Crippen LogP contribution in [0.2, 0.25) is 5.02 Å². The first-order chi connectivity index (χ1) is 30.1. The zero-order valence-electron chi connectivity index (χ0n) is 35.0. The molecule has 0 aliphatic carbocycles. The van der Waals surface area contributed by atoms with E-state index >= 15 is 4.39 Å². The molecule has 12 nitrogen and oxygen atoms in total. The number of methoxy groups -OCH3 is 2. The molecule has 3 fully saturated rings. The molecule has 17 heteroatoms. The number of nitrogens with zero attached hydrogens (tertiary/aromatic N) is 8. The number of hydrogen-bond donors (Lipinski definition) is 1. The third-order valence-electron chi connectivity index (χ3n) is 11.7. The van der Waals surface area contributed by atoms with Gasteiger partial charge in [-0.25, -0.2) is 42.5 Å². The van der Waals surface area contributed by atoms with Crippen molar-refractivity contribution in [1.29, 1.82) is 0 Å². The first-order valence-electron chi connectivity index (χ1n) is 20.7. The van der Waals surface area contributed by atoms with Crippen molar-refractivity contribution in [2.45, 2.75) is 51.6 Å². The van der Waals surface area contributed by atoms with Gasteiger partial charge >= 0.3 is 0 Å². The molecule has 0 amide bonds. The van der Waals surface area contributed by atoms with E-state index in [2.05, 4.69) is 35.0 Å². The fourth-order valence-electron chi connectivity index (χ4n) is 8.73. The van der Waals surface area contributed by atoms with Crippen molar-refractivity contribution >= 4 is 62.2 Å². The summed E-state index contributed by atoms with van der Waals surface area (Å²) in [5, 5.41) is 4.21. The highest BCUT2D eigenvalue weighted by Gasteiger charge is 2.31. The summed E-state index contributed by atoms with van der Waals surface area (Å²) in [6.45, 7) is 9.15. The molecule has 3 aliphatic rings. The number of pyridine rings is 3. The van der Waals surface area contributed by atoms with Crippen LogP contribution in [0.25, 0.3) is 32.9 Å². The molecular formula is C45H48ClF4N9O3. The second-order valence-corrected chi connectivity index (χ2v) is 16.1. The Labute approximate surface area is 362 Å². The SMILES string of the molecule is COC[C@@H]1CCCN1c1nc2cc(F)cc(F)c2c(Cl)c1C.COC[C@@H]1CCCN1c1nc2cc(F)cc(F)c2c(Nc2cc(N3CCOCC3)ncc2-c2cncnc2)c1C. The van der Waals surface area contributed by atoms with Crippen LogP contribution in [0.1, 0.15) is 36.8 Å². The maximum atomic E-state index is 15.5. The molecule has 326 valence electrons. The first-order valence-corrected chi connectivity index (χ1v) is 21.0. The van der Waals surface area contributed by atoms with Crippen molar-refractivity contribution in [1.82, 2.24) is 24.9 Å². The highest BCUT2D eigenvalue weighted by Crippen LogP contribution is 2.41. The highest BCUT2D eigenvalue weighted by atomic mass is 35.5. The van der Waals surface area contributed by atoms with Crippen LogP contribution in [0.15, 0.2) is 55.2 Å². The number of halogens is 5. The van der Waals surface area contributed by atoms with Gasteiger partial charge in [-0.1, -0.05) is 11.6 Å². The van der Waals surface area contributed by atoms with Crippen LogP contribution in [0.4, 0.5) is 46.4 Å². The predicted octanol–water partition coefficient (Wildman–Crippen LogP) is 8.96. The second kappa shape index (κ2) is 18.9. The van der Waals surface area contributed by atoms with E-state index in [0.717, 1.165) is 73.4 Å². The largest absolute Gasteiger partial charge is 0.383 e. The predicted molar refractivity (Wildman–Crippen MR) is 234 cm³/mol. The third-order valence-corrected chi connectivity index (χ3v) is 12.2. The monoisotopic (exact) mass is 873 g/mol. The van der Waals surface area contributed by atoms with Crippen molar-refractivity contribution < 1.29 is 31.8 Å². The lowest BCUT2D eigenvalue weighted by atomic mass is 10.0. The van der Waals surface area contributed by atoms with Gasteiger partial charge in [0.25, 0.3) is 0 Å². The molecule has 0 radical (unpaired) electrons. The lowest BCUT2D eigenvalue weighted by Gasteiger charge is -2.30. The number of fused-ring (bicyclic) bond motifs is 2. The molecule has 9 rings (SSSR count). The Kier molecular flexibility index (Phi) is 13.2. The van der Waals surface area contributed by atoms with Crippen molar-refractivity contribution in [2.75, 3.05) is 86.8 Å². The van der Waals surface area contributed by atoms with Crippen LogP contribution in [0.3, 0.4) is 0 Å². The topological polar surface area (TPSA) is 114 Å². The Morgan fingerprint density at radius 2 is 1.31 bits per heavy atom.